The Morgan fingerprint density at radius 2 is 1.63 bits per heavy atom. The van der Waals surface area contributed by atoms with Gasteiger partial charge in [-0.3, -0.25) is 23.7 Å². The number of nitrogen functional groups attached to an aromatic ring is 1. The zero-order valence-corrected chi connectivity index (χ0v) is 25.4. The Bertz CT molecular complexity index is 2060. The van der Waals surface area contributed by atoms with E-state index in [2.05, 4.69) is 4.74 Å². The van der Waals surface area contributed by atoms with E-state index >= 15 is 0 Å². The minimum Gasteiger partial charge on any atom is -0.468 e. The number of methoxy groups -OCH3 is 1. The van der Waals surface area contributed by atoms with Crippen molar-refractivity contribution in [2.24, 2.45) is 0 Å². The lowest BCUT2D eigenvalue weighted by molar-refractivity contribution is -0.146. The van der Waals surface area contributed by atoms with Gasteiger partial charge in [0.25, 0.3) is 5.56 Å². The first-order valence-corrected chi connectivity index (χ1v) is 15.5. The number of nitrogens with zero attached hydrogens (tertiary/aromatic N) is 3. The molecule has 1 aromatic heterocycles. The highest BCUT2D eigenvalue weighted by Gasteiger charge is 2.44. The lowest BCUT2D eigenvalue weighted by atomic mass is 10.1. The molecule has 1 saturated heterocycles. The van der Waals surface area contributed by atoms with Crippen LogP contribution in [0.2, 0.25) is 0 Å². The van der Waals surface area contributed by atoms with E-state index in [0.29, 0.717) is 15.5 Å². The number of hydrogen-bond donors (Lipinski definition) is 2. The van der Waals surface area contributed by atoms with Crippen LogP contribution in [0, 0.1) is 0 Å². The van der Waals surface area contributed by atoms with Gasteiger partial charge in [0.1, 0.15) is 24.0 Å². The van der Waals surface area contributed by atoms with E-state index < -0.39 is 82.2 Å². The molecule has 5 rings (SSSR count). The molecular formula is C31H30N4O10S. The van der Waals surface area contributed by atoms with Crippen LogP contribution in [0.25, 0.3) is 10.8 Å². The molecule has 0 saturated carbocycles. The first kappa shape index (κ1) is 32.3. The van der Waals surface area contributed by atoms with Crippen molar-refractivity contribution in [2.45, 2.75) is 36.6 Å². The van der Waals surface area contributed by atoms with Crippen molar-refractivity contribution < 1.29 is 37.4 Å². The molecule has 14 nitrogen and oxygen atoms in total. The Morgan fingerprint density at radius 3 is 2.33 bits per heavy atom. The summed E-state index contributed by atoms with van der Waals surface area (Å²) in [6, 6.07) is 18.6. The summed E-state index contributed by atoms with van der Waals surface area (Å²) in [6.07, 6.45) is -1.48. The van der Waals surface area contributed by atoms with Gasteiger partial charge in [0.15, 0.2) is 6.61 Å². The highest BCUT2D eigenvalue weighted by molar-refractivity contribution is 7.89. The number of ether oxygens (including phenoxy) is 2. The molecule has 1 aliphatic heterocycles. The van der Waals surface area contributed by atoms with E-state index in [-0.39, 0.29) is 17.9 Å². The van der Waals surface area contributed by atoms with Gasteiger partial charge in [0, 0.05) is 13.0 Å². The highest BCUT2D eigenvalue weighted by atomic mass is 32.2. The average Bonchev–Trinajstić information content (AvgIpc) is 3.46. The maximum absolute atomic E-state index is 13.6. The Hall–Kier alpha value is -5.12. The standard InChI is InChI=1S/C31H30N4O10S/c1-44-26(38)17-34-29(39)27(28(32)33(31(34)41)15-19-7-3-2-4-8-19)25(37)18-45-30(40)24-14-22(36)16-35(24)46(42,43)23-12-11-20-9-5-6-10-21(20)13-23/h2-13,22,24,36H,14-18,32H2,1H3/t22-,24-/m1/s1. The van der Waals surface area contributed by atoms with Crippen LogP contribution in [-0.4, -0.2) is 77.1 Å². The van der Waals surface area contributed by atoms with E-state index in [9.17, 15) is 37.5 Å². The summed E-state index contributed by atoms with van der Waals surface area (Å²) in [7, 11) is -3.23. The second-order valence-corrected chi connectivity index (χ2v) is 12.5. The van der Waals surface area contributed by atoms with Crippen molar-refractivity contribution in [2.75, 3.05) is 26.0 Å². The highest BCUT2D eigenvalue weighted by Crippen LogP contribution is 2.29. The number of benzene rings is 3. The predicted octanol–water partition coefficient (Wildman–Crippen LogP) is 0.517. The number of β-amino-alcohol motifs (C(OH)–C–C–N with tert-alkyl or cyclic N) is 1. The molecule has 0 spiro atoms. The van der Waals surface area contributed by atoms with Gasteiger partial charge in [-0.25, -0.2) is 17.8 Å². The number of esters is 2. The minimum absolute atomic E-state index is 0.103. The summed E-state index contributed by atoms with van der Waals surface area (Å²) in [6.45, 7) is -2.41. The lowest BCUT2D eigenvalue weighted by Gasteiger charge is -2.22. The van der Waals surface area contributed by atoms with Crippen LogP contribution in [0.1, 0.15) is 22.3 Å². The molecule has 15 heteroatoms. The van der Waals surface area contributed by atoms with Crippen LogP contribution in [-0.2, 0) is 42.2 Å². The number of aliphatic hydroxyl groups excluding tert-OH is 1. The number of sulfonamides is 1. The molecule has 46 heavy (non-hydrogen) atoms. The van der Waals surface area contributed by atoms with E-state index in [1.807, 2.05) is 6.07 Å². The van der Waals surface area contributed by atoms with Gasteiger partial charge in [0.2, 0.25) is 15.8 Å². The molecule has 2 heterocycles. The molecule has 1 aliphatic rings. The average molecular weight is 651 g/mol. The summed E-state index contributed by atoms with van der Waals surface area (Å²) >= 11 is 0. The van der Waals surface area contributed by atoms with Crippen molar-refractivity contribution in [1.29, 1.82) is 0 Å². The zero-order valence-electron chi connectivity index (χ0n) is 24.6. The quantitative estimate of drug-likeness (QED) is 0.179. The third kappa shape index (κ3) is 6.33. The molecule has 0 amide bonds. The van der Waals surface area contributed by atoms with E-state index in [4.69, 9.17) is 10.5 Å². The fraction of sp³-hybridized carbons (Fsp3) is 0.258. The number of aromatic nitrogens is 2. The molecule has 3 aromatic carbocycles. The van der Waals surface area contributed by atoms with E-state index in [0.717, 1.165) is 21.4 Å². The molecule has 4 aromatic rings. The smallest absolute Gasteiger partial charge is 0.333 e. The van der Waals surface area contributed by atoms with Crippen molar-refractivity contribution in [3.8, 4) is 0 Å². The second-order valence-electron chi connectivity index (χ2n) is 10.6. The number of rotatable bonds is 10. The normalized spacial score (nSPS) is 16.7. The van der Waals surface area contributed by atoms with Gasteiger partial charge < -0.3 is 20.3 Å². The molecule has 0 aliphatic carbocycles. The maximum atomic E-state index is 13.6. The number of Topliss-reactive ketones (excluding diaryl/α,β-unsaturated/α-hetero) is 1. The Balaban J connectivity index is 1.41. The number of carbonyl (C=O) groups excluding carboxylic acids is 3. The fourth-order valence-corrected chi connectivity index (χ4v) is 6.92. The largest absolute Gasteiger partial charge is 0.468 e. The van der Waals surface area contributed by atoms with E-state index in [1.54, 1.807) is 54.6 Å². The van der Waals surface area contributed by atoms with Gasteiger partial charge in [0.05, 0.1) is 24.7 Å². The fourth-order valence-electron chi connectivity index (χ4n) is 5.26. The molecule has 0 bridgehead atoms. The number of fused-ring (bicyclic) bond motifs is 1. The molecule has 1 fully saturated rings. The summed E-state index contributed by atoms with van der Waals surface area (Å²) in [5.41, 5.74) is 3.86. The molecule has 3 N–H and O–H groups in total. The Kier molecular flexibility index (Phi) is 9.18. The van der Waals surface area contributed by atoms with Gasteiger partial charge in [-0.1, -0.05) is 60.7 Å². The van der Waals surface area contributed by atoms with Crippen LogP contribution in [0.15, 0.2) is 87.3 Å². The van der Waals surface area contributed by atoms with Gasteiger partial charge in [-0.2, -0.15) is 4.31 Å². The second kappa shape index (κ2) is 13.1. The van der Waals surface area contributed by atoms with Crippen molar-refractivity contribution in [1.82, 2.24) is 13.4 Å². The third-order valence-electron chi connectivity index (χ3n) is 7.62. The topological polar surface area (TPSA) is 197 Å². The monoisotopic (exact) mass is 650 g/mol. The van der Waals surface area contributed by atoms with Crippen molar-refractivity contribution in [3.63, 3.8) is 0 Å². The number of aliphatic hydroxyl groups is 1. The first-order chi connectivity index (χ1) is 21.9. The number of nitrogens with two attached hydrogens (primary N) is 1. The summed E-state index contributed by atoms with van der Waals surface area (Å²) in [5, 5.41) is 11.8. The zero-order chi connectivity index (χ0) is 33.2. The minimum atomic E-state index is -4.29. The molecule has 0 unspecified atom stereocenters. The van der Waals surface area contributed by atoms with Crippen LogP contribution in [0.5, 0.6) is 0 Å². The molecule has 2 atom stereocenters. The van der Waals surface area contributed by atoms with Gasteiger partial charge in [-0.05, 0) is 28.5 Å². The van der Waals surface area contributed by atoms with Crippen LogP contribution < -0.4 is 17.0 Å². The number of carbonyl (C=O) groups is 3. The van der Waals surface area contributed by atoms with Gasteiger partial charge in [-0.15, -0.1) is 0 Å². The predicted molar refractivity (Wildman–Crippen MR) is 164 cm³/mol. The Labute approximate surface area is 262 Å². The third-order valence-corrected chi connectivity index (χ3v) is 9.49. The summed E-state index contributed by atoms with van der Waals surface area (Å²) in [5.74, 6) is -3.69. The number of hydrogen-bond acceptors (Lipinski definition) is 11. The maximum Gasteiger partial charge on any atom is 0.333 e. The SMILES string of the molecule is COC(=O)Cn1c(=O)c(C(=O)COC(=O)[C@H]2C[C@@H](O)CN2S(=O)(=O)c2ccc3ccccc3c2)c(N)n(Cc2ccccc2)c1=O. The van der Waals surface area contributed by atoms with Crippen molar-refractivity contribution >= 4 is 44.3 Å². The van der Waals surface area contributed by atoms with Crippen molar-refractivity contribution in [3.05, 3.63) is 105 Å². The van der Waals surface area contributed by atoms with Crippen LogP contribution in [0.3, 0.4) is 0 Å². The molecule has 240 valence electrons. The van der Waals surface area contributed by atoms with Gasteiger partial charge >= 0.3 is 17.6 Å². The lowest BCUT2D eigenvalue weighted by Crippen LogP contribution is -2.46. The van der Waals surface area contributed by atoms with Crippen LogP contribution in [0.4, 0.5) is 5.82 Å². The summed E-state index contributed by atoms with van der Waals surface area (Å²) < 4.78 is 39.1. The number of anilines is 1. The first-order valence-electron chi connectivity index (χ1n) is 14.0. The molecular weight excluding hydrogens is 620 g/mol. The molecule has 0 radical (unpaired) electrons. The van der Waals surface area contributed by atoms with E-state index in [1.165, 1.54) is 12.1 Å². The Morgan fingerprint density at radius 1 is 0.957 bits per heavy atom. The summed E-state index contributed by atoms with van der Waals surface area (Å²) in [4.78, 5) is 64.9. The van der Waals surface area contributed by atoms with Crippen LogP contribution >= 0.6 is 0 Å². The number of ketones is 1.